The molecule has 1 aromatic carbocycles. The standard InChI is InChI=1S/C18H23FN2O3/c1-2-24-11-18(6-3-7-18)10-20-17(23)14-9-16(22)21-15-5-4-12(19)8-13(14)15/h4-5,8,14H,2-3,6-7,9-11H2,1H3,(H,20,23)(H,21,22)/t14-/m0/s1. The maximum Gasteiger partial charge on any atom is 0.228 e. The normalized spacial score (nSPS) is 21.4. The molecule has 0 radical (unpaired) electrons. The van der Waals surface area contributed by atoms with Crippen LogP contribution in [0.1, 0.15) is 44.1 Å². The Morgan fingerprint density at radius 2 is 2.25 bits per heavy atom. The fourth-order valence-corrected chi connectivity index (χ4v) is 3.43. The van der Waals surface area contributed by atoms with Crippen LogP contribution in [0.4, 0.5) is 10.1 Å². The first kappa shape index (κ1) is 16.9. The molecule has 0 unspecified atom stereocenters. The molecular weight excluding hydrogens is 311 g/mol. The number of ether oxygens (including phenoxy) is 1. The van der Waals surface area contributed by atoms with Gasteiger partial charge in [0.2, 0.25) is 11.8 Å². The van der Waals surface area contributed by atoms with E-state index in [0.29, 0.717) is 31.0 Å². The maximum atomic E-state index is 13.5. The fraction of sp³-hybridized carbons (Fsp3) is 0.556. The molecule has 0 saturated heterocycles. The van der Waals surface area contributed by atoms with Crippen LogP contribution in [-0.4, -0.2) is 31.6 Å². The largest absolute Gasteiger partial charge is 0.381 e. The van der Waals surface area contributed by atoms with Crippen molar-refractivity contribution in [3.05, 3.63) is 29.6 Å². The van der Waals surface area contributed by atoms with Gasteiger partial charge in [0.05, 0.1) is 12.5 Å². The Morgan fingerprint density at radius 1 is 1.46 bits per heavy atom. The highest BCUT2D eigenvalue weighted by atomic mass is 19.1. The molecule has 1 aliphatic heterocycles. The summed E-state index contributed by atoms with van der Waals surface area (Å²) in [7, 11) is 0. The van der Waals surface area contributed by atoms with Gasteiger partial charge in [0, 0.05) is 30.7 Å². The lowest BCUT2D eigenvalue weighted by atomic mass is 9.69. The fourth-order valence-electron chi connectivity index (χ4n) is 3.43. The van der Waals surface area contributed by atoms with Gasteiger partial charge in [-0.1, -0.05) is 6.42 Å². The van der Waals surface area contributed by atoms with Crippen molar-refractivity contribution in [1.82, 2.24) is 5.32 Å². The Hall–Kier alpha value is -1.95. The van der Waals surface area contributed by atoms with E-state index in [1.165, 1.54) is 18.2 Å². The first-order chi connectivity index (χ1) is 11.5. The zero-order valence-electron chi connectivity index (χ0n) is 13.9. The van der Waals surface area contributed by atoms with Crippen LogP contribution >= 0.6 is 0 Å². The molecule has 0 aromatic heterocycles. The number of nitrogens with one attached hydrogen (secondary N) is 2. The van der Waals surface area contributed by atoms with Gasteiger partial charge in [-0.2, -0.15) is 0 Å². The minimum Gasteiger partial charge on any atom is -0.381 e. The zero-order valence-corrected chi connectivity index (χ0v) is 13.9. The Labute approximate surface area is 141 Å². The Morgan fingerprint density at radius 3 is 2.92 bits per heavy atom. The van der Waals surface area contributed by atoms with Crippen LogP contribution in [0.25, 0.3) is 0 Å². The molecular formula is C18H23FN2O3. The molecule has 1 saturated carbocycles. The average Bonchev–Trinajstić information content (AvgIpc) is 2.53. The quantitative estimate of drug-likeness (QED) is 0.840. The van der Waals surface area contributed by atoms with Gasteiger partial charge in [0.25, 0.3) is 0 Å². The minimum atomic E-state index is -0.645. The minimum absolute atomic E-state index is 0.00731. The lowest BCUT2D eigenvalue weighted by Crippen LogP contribution is -2.47. The van der Waals surface area contributed by atoms with E-state index in [4.69, 9.17) is 4.74 Å². The van der Waals surface area contributed by atoms with E-state index < -0.39 is 11.7 Å². The molecule has 130 valence electrons. The van der Waals surface area contributed by atoms with Crippen molar-refractivity contribution in [3.8, 4) is 0 Å². The van der Waals surface area contributed by atoms with Gasteiger partial charge >= 0.3 is 0 Å². The maximum absolute atomic E-state index is 13.5. The molecule has 1 heterocycles. The highest BCUT2D eigenvalue weighted by molar-refractivity contribution is 6.01. The molecule has 2 N–H and O–H groups in total. The second-order valence-electron chi connectivity index (χ2n) is 6.74. The molecule has 6 heteroatoms. The summed E-state index contributed by atoms with van der Waals surface area (Å²) in [6, 6.07) is 4.12. The second kappa shape index (κ2) is 6.89. The van der Waals surface area contributed by atoms with Crippen LogP contribution in [-0.2, 0) is 14.3 Å². The molecule has 0 spiro atoms. The highest BCUT2D eigenvalue weighted by Gasteiger charge is 2.39. The monoisotopic (exact) mass is 334 g/mol. The predicted molar refractivity (Wildman–Crippen MR) is 88.2 cm³/mol. The summed E-state index contributed by atoms with van der Waals surface area (Å²) in [4.78, 5) is 24.5. The van der Waals surface area contributed by atoms with Gasteiger partial charge in [0.1, 0.15) is 5.82 Å². The van der Waals surface area contributed by atoms with E-state index >= 15 is 0 Å². The van der Waals surface area contributed by atoms with Crippen LogP contribution in [0.2, 0.25) is 0 Å². The van der Waals surface area contributed by atoms with Crippen LogP contribution < -0.4 is 10.6 Å². The molecule has 3 rings (SSSR count). The third kappa shape index (κ3) is 3.43. The third-order valence-electron chi connectivity index (χ3n) is 5.03. The lowest BCUT2D eigenvalue weighted by molar-refractivity contribution is -0.127. The predicted octanol–water partition coefficient (Wildman–Crippen LogP) is 2.57. The van der Waals surface area contributed by atoms with Crippen LogP contribution in [0, 0.1) is 11.2 Å². The van der Waals surface area contributed by atoms with Crippen LogP contribution in [0.5, 0.6) is 0 Å². The lowest BCUT2D eigenvalue weighted by Gasteiger charge is -2.42. The zero-order chi connectivity index (χ0) is 17.2. The van der Waals surface area contributed by atoms with Crippen molar-refractivity contribution in [3.63, 3.8) is 0 Å². The smallest absolute Gasteiger partial charge is 0.228 e. The van der Waals surface area contributed by atoms with Gasteiger partial charge in [0.15, 0.2) is 0 Å². The summed E-state index contributed by atoms with van der Waals surface area (Å²) in [6.07, 6.45) is 3.25. The third-order valence-corrected chi connectivity index (χ3v) is 5.03. The summed E-state index contributed by atoms with van der Waals surface area (Å²) in [5.74, 6) is -1.50. The summed E-state index contributed by atoms with van der Waals surface area (Å²) in [5.41, 5.74) is 1.06. The van der Waals surface area contributed by atoms with E-state index in [1.54, 1.807) is 0 Å². The molecule has 1 aliphatic carbocycles. The highest BCUT2D eigenvalue weighted by Crippen LogP contribution is 2.41. The first-order valence-electron chi connectivity index (χ1n) is 8.48. The molecule has 24 heavy (non-hydrogen) atoms. The van der Waals surface area contributed by atoms with E-state index in [9.17, 15) is 14.0 Å². The molecule has 5 nitrogen and oxygen atoms in total. The Kier molecular flexibility index (Phi) is 4.85. The average molecular weight is 334 g/mol. The van der Waals surface area contributed by atoms with Crippen molar-refractivity contribution in [2.45, 2.75) is 38.5 Å². The molecule has 2 amide bonds. The number of hydrogen-bond donors (Lipinski definition) is 2. The number of benzene rings is 1. The van der Waals surface area contributed by atoms with Crippen molar-refractivity contribution in [2.24, 2.45) is 5.41 Å². The first-order valence-corrected chi connectivity index (χ1v) is 8.48. The number of carbonyl (C=O) groups excluding carboxylic acids is 2. The number of amides is 2. The van der Waals surface area contributed by atoms with E-state index in [1.807, 2.05) is 6.92 Å². The summed E-state index contributed by atoms with van der Waals surface area (Å²) in [5, 5.41) is 5.65. The molecule has 0 bridgehead atoms. The number of carbonyl (C=O) groups is 2. The van der Waals surface area contributed by atoms with Gasteiger partial charge in [-0.05, 0) is 43.5 Å². The van der Waals surface area contributed by atoms with Gasteiger partial charge < -0.3 is 15.4 Å². The van der Waals surface area contributed by atoms with E-state index in [2.05, 4.69) is 10.6 Å². The molecule has 1 atom stereocenters. The molecule has 1 fully saturated rings. The molecule has 1 aromatic rings. The van der Waals surface area contributed by atoms with Gasteiger partial charge in [-0.3, -0.25) is 9.59 Å². The van der Waals surface area contributed by atoms with E-state index in [0.717, 1.165) is 19.3 Å². The SMILES string of the molecule is CCOCC1(CNC(=O)[C@H]2CC(=O)Nc3ccc(F)cc32)CCC1. The molecule has 2 aliphatic rings. The number of anilines is 1. The summed E-state index contributed by atoms with van der Waals surface area (Å²) in [6.45, 7) is 3.79. The second-order valence-corrected chi connectivity index (χ2v) is 6.74. The number of rotatable bonds is 6. The van der Waals surface area contributed by atoms with E-state index in [-0.39, 0.29) is 23.7 Å². The van der Waals surface area contributed by atoms with Crippen molar-refractivity contribution in [1.29, 1.82) is 0 Å². The van der Waals surface area contributed by atoms with Gasteiger partial charge in [-0.25, -0.2) is 4.39 Å². The Bertz CT molecular complexity index is 643. The van der Waals surface area contributed by atoms with Crippen LogP contribution in [0.3, 0.4) is 0 Å². The number of fused-ring (bicyclic) bond motifs is 1. The Balaban J connectivity index is 1.69. The topological polar surface area (TPSA) is 67.4 Å². The van der Waals surface area contributed by atoms with Crippen molar-refractivity contribution < 1.29 is 18.7 Å². The van der Waals surface area contributed by atoms with Crippen molar-refractivity contribution >= 4 is 17.5 Å². The van der Waals surface area contributed by atoms with Crippen molar-refractivity contribution in [2.75, 3.05) is 25.1 Å². The van der Waals surface area contributed by atoms with Gasteiger partial charge in [-0.15, -0.1) is 0 Å². The van der Waals surface area contributed by atoms with Crippen LogP contribution in [0.15, 0.2) is 18.2 Å². The number of halogens is 1. The summed E-state index contributed by atoms with van der Waals surface area (Å²) >= 11 is 0. The number of hydrogen-bond acceptors (Lipinski definition) is 3. The summed E-state index contributed by atoms with van der Waals surface area (Å²) < 4.78 is 19.1.